The number of hydrogen-bond acceptors (Lipinski definition) is 1. The van der Waals surface area contributed by atoms with E-state index in [1.807, 2.05) is 0 Å². The van der Waals surface area contributed by atoms with Crippen LogP contribution in [0.2, 0.25) is 0 Å². The third kappa shape index (κ3) is 6.04. The lowest BCUT2D eigenvalue weighted by atomic mass is 9.84. The summed E-state index contributed by atoms with van der Waals surface area (Å²) in [5, 5.41) is 12.4. The monoisotopic (exact) mass is 838 g/mol. The van der Waals surface area contributed by atoms with Crippen LogP contribution in [-0.2, 0) is 0 Å². The Morgan fingerprint density at radius 2 is 0.788 bits per heavy atom. The maximum absolute atomic E-state index is 2.48. The van der Waals surface area contributed by atoms with E-state index in [1.165, 1.54) is 92.7 Å². The smallest absolute Gasteiger partial charge is 0.0562 e. The molecule has 0 unspecified atom stereocenters. The summed E-state index contributed by atoms with van der Waals surface area (Å²) in [7, 11) is 0. The van der Waals surface area contributed by atoms with E-state index in [0.717, 1.165) is 28.3 Å². The zero-order valence-electron chi connectivity index (χ0n) is 36.1. The molecule has 0 fully saturated rings. The molecule has 0 spiro atoms. The van der Waals surface area contributed by atoms with E-state index in [-0.39, 0.29) is 0 Å². The van der Waals surface area contributed by atoms with Gasteiger partial charge in [-0.3, -0.25) is 0 Å². The topological polar surface area (TPSA) is 8.17 Å². The molecule has 0 aliphatic carbocycles. The highest BCUT2D eigenvalue weighted by Gasteiger charge is 2.23. The van der Waals surface area contributed by atoms with Crippen molar-refractivity contribution in [3.05, 3.63) is 255 Å². The van der Waals surface area contributed by atoms with Crippen LogP contribution < -0.4 is 4.90 Å². The number of aromatic nitrogens is 1. The van der Waals surface area contributed by atoms with Crippen LogP contribution in [0.1, 0.15) is 0 Å². The Balaban J connectivity index is 1.04. The van der Waals surface area contributed by atoms with Crippen LogP contribution >= 0.6 is 0 Å². The molecular formula is C64H42N2. The number of nitrogens with zero attached hydrogens (tertiary/aromatic N) is 2. The lowest BCUT2D eigenvalue weighted by Gasteiger charge is -2.28. The van der Waals surface area contributed by atoms with Crippen molar-refractivity contribution in [1.29, 1.82) is 0 Å². The minimum absolute atomic E-state index is 1.09. The van der Waals surface area contributed by atoms with Crippen molar-refractivity contribution in [2.24, 2.45) is 0 Å². The first-order valence-electron chi connectivity index (χ1n) is 22.8. The molecule has 308 valence electrons. The summed E-state index contributed by atoms with van der Waals surface area (Å²) in [5.41, 5.74) is 14.1. The van der Waals surface area contributed by atoms with Gasteiger partial charge in [0.2, 0.25) is 0 Å². The van der Waals surface area contributed by atoms with Crippen molar-refractivity contribution in [3.8, 4) is 39.1 Å². The highest BCUT2D eigenvalue weighted by molar-refractivity contribution is 6.23. The fraction of sp³-hybridized carbons (Fsp3) is 0. The molecule has 0 aliphatic heterocycles. The van der Waals surface area contributed by atoms with Crippen LogP contribution in [0.25, 0.3) is 104 Å². The quantitative estimate of drug-likeness (QED) is 0.145. The van der Waals surface area contributed by atoms with Crippen LogP contribution in [0, 0.1) is 0 Å². The third-order valence-electron chi connectivity index (χ3n) is 13.5. The Labute approximate surface area is 383 Å². The molecule has 2 nitrogen and oxygen atoms in total. The first-order chi connectivity index (χ1) is 32.8. The molecule has 0 bridgehead atoms. The lowest BCUT2D eigenvalue weighted by molar-refractivity contribution is 1.18. The fourth-order valence-corrected chi connectivity index (χ4v) is 10.7. The zero-order chi connectivity index (χ0) is 43.6. The van der Waals surface area contributed by atoms with Crippen molar-refractivity contribution < 1.29 is 0 Å². The van der Waals surface area contributed by atoms with E-state index in [1.54, 1.807) is 0 Å². The van der Waals surface area contributed by atoms with Crippen molar-refractivity contribution in [3.63, 3.8) is 0 Å². The van der Waals surface area contributed by atoms with Gasteiger partial charge in [0.15, 0.2) is 0 Å². The van der Waals surface area contributed by atoms with Crippen LogP contribution in [-0.4, -0.2) is 4.57 Å². The molecule has 0 N–H and O–H groups in total. The molecule has 13 aromatic rings. The summed E-state index contributed by atoms with van der Waals surface area (Å²) in [5.74, 6) is 0. The van der Waals surface area contributed by atoms with Crippen molar-refractivity contribution in [1.82, 2.24) is 4.57 Å². The normalized spacial score (nSPS) is 11.6. The van der Waals surface area contributed by atoms with Gasteiger partial charge in [-0.2, -0.15) is 0 Å². The highest BCUT2D eigenvalue weighted by Crippen LogP contribution is 2.48. The summed E-state index contributed by atoms with van der Waals surface area (Å²) in [6.07, 6.45) is 0. The van der Waals surface area contributed by atoms with Crippen molar-refractivity contribution in [2.75, 3.05) is 4.90 Å². The molecule has 66 heavy (non-hydrogen) atoms. The molecular weight excluding hydrogens is 797 g/mol. The van der Waals surface area contributed by atoms with Crippen molar-refractivity contribution >= 4 is 82.0 Å². The van der Waals surface area contributed by atoms with Gasteiger partial charge in [0, 0.05) is 27.5 Å². The fourth-order valence-electron chi connectivity index (χ4n) is 10.7. The number of rotatable bonds is 7. The van der Waals surface area contributed by atoms with E-state index < -0.39 is 0 Å². The minimum Gasteiger partial charge on any atom is -0.309 e. The van der Waals surface area contributed by atoms with Gasteiger partial charge in [0.25, 0.3) is 0 Å². The zero-order valence-corrected chi connectivity index (χ0v) is 36.1. The summed E-state index contributed by atoms with van der Waals surface area (Å²) in [6.45, 7) is 0. The lowest BCUT2D eigenvalue weighted by Crippen LogP contribution is -2.11. The summed E-state index contributed by atoms with van der Waals surface area (Å²) in [6, 6.07) is 93.3. The second-order valence-electron chi connectivity index (χ2n) is 17.2. The standard InChI is InChI=1S/C64H42N2/c1-4-19-45(20-5-1)62-55-27-13-12-26-52(55)53-40-37-47(42-57(53)63(62)46-21-6-2-7-22-46)43-34-38-49(39-35-43)66(58-31-16-29-51-50-25-11-10-18-44(50)36-41-54(51)58)61-33-17-32-60-64(61)56-28-14-15-30-59(56)65(60)48-23-8-3-9-24-48/h1-42H. The first kappa shape index (κ1) is 37.8. The maximum atomic E-state index is 2.48. The Morgan fingerprint density at radius 3 is 1.55 bits per heavy atom. The van der Waals surface area contributed by atoms with Crippen LogP contribution in [0.4, 0.5) is 17.1 Å². The second-order valence-corrected chi connectivity index (χ2v) is 17.2. The minimum atomic E-state index is 1.09. The summed E-state index contributed by atoms with van der Waals surface area (Å²) in [4.78, 5) is 2.48. The average molecular weight is 839 g/mol. The van der Waals surface area contributed by atoms with Gasteiger partial charge in [-0.15, -0.1) is 0 Å². The number of hydrogen-bond donors (Lipinski definition) is 0. The molecule has 0 saturated carbocycles. The molecule has 0 saturated heterocycles. The molecule has 1 aromatic heterocycles. The molecule has 13 rings (SSSR count). The largest absolute Gasteiger partial charge is 0.309 e. The van der Waals surface area contributed by atoms with Gasteiger partial charge in [0.1, 0.15) is 0 Å². The third-order valence-corrected chi connectivity index (χ3v) is 13.5. The molecule has 1 heterocycles. The van der Waals surface area contributed by atoms with Gasteiger partial charge in [-0.1, -0.05) is 200 Å². The van der Waals surface area contributed by atoms with Crippen molar-refractivity contribution in [2.45, 2.75) is 0 Å². The predicted octanol–water partition coefficient (Wildman–Crippen LogP) is 17.9. The molecule has 0 radical (unpaired) electrons. The molecule has 0 aliphatic rings. The Hall–Kier alpha value is -8.72. The van der Waals surface area contributed by atoms with Gasteiger partial charge in [-0.05, 0) is 126 Å². The SMILES string of the molecule is c1ccc(-c2c(-c3ccccc3)c3cc(-c4ccc(N(c5cccc6c5ccc5ccccc56)c5cccc6c5c5ccccc5n6-c5ccccc5)cc4)ccc3c3ccccc23)cc1. The number of benzene rings is 12. The Bertz CT molecular complexity index is 3960. The number of para-hydroxylation sites is 2. The van der Waals surface area contributed by atoms with E-state index >= 15 is 0 Å². The first-order valence-corrected chi connectivity index (χ1v) is 22.8. The predicted molar refractivity (Wildman–Crippen MR) is 282 cm³/mol. The van der Waals surface area contributed by atoms with E-state index in [9.17, 15) is 0 Å². The Kier molecular flexibility index (Phi) is 8.89. The Morgan fingerprint density at radius 1 is 0.273 bits per heavy atom. The van der Waals surface area contributed by atoms with Crippen LogP contribution in [0.15, 0.2) is 255 Å². The van der Waals surface area contributed by atoms with Crippen LogP contribution in [0.5, 0.6) is 0 Å². The molecule has 0 atom stereocenters. The van der Waals surface area contributed by atoms with Gasteiger partial charge in [0.05, 0.1) is 22.4 Å². The maximum Gasteiger partial charge on any atom is 0.0562 e. The second kappa shape index (κ2) is 15.5. The number of anilines is 3. The van der Waals surface area contributed by atoms with Gasteiger partial charge in [-0.25, -0.2) is 0 Å². The van der Waals surface area contributed by atoms with E-state index in [4.69, 9.17) is 0 Å². The summed E-state index contributed by atoms with van der Waals surface area (Å²) < 4.78 is 2.40. The van der Waals surface area contributed by atoms with Crippen LogP contribution in [0.3, 0.4) is 0 Å². The average Bonchev–Trinajstić information content (AvgIpc) is 3.74. The van der Waals surface area contributed by atoms with E-state index in [2.05, 4.69) is 264 Å². The van der Waals surface area contributed by atoms with E-state index in [0.29, 0.717) is 0 Å². The molecule has 12 aromatic carbocycles. The summed E-state index contributed by atoms with van der Waals surface area (Å²) >= 11 is 0. The van der Waals surface area contributed by atoms with Gasteiger partial charge < -0.3 is 9.47 Å². The number of fused-ring (bicyclic) bond motifs is 9. The van der Waals surface area contributed by atoms with Gasteiger partial charge >= 0.3 is 0 Å². The highest BCUT2D eigenvalue weighted by atomic mass is 15.1. The molecule has 0 amide bonds. The molecule has 2 heteroatoms.